The first-order valence-electron chi connectivity index (χ1n) is 5.98. The predicted octanol–water partition coefficient (Wildman–Crippen LogP) is 3.97. The molecule has 0 saturated heterocycles. The van der Waals surface area contributed by atoms with E-state index >= 15 is 0 Å². The molecule has 2 rings (SSSR count). The number of halogens is 1. The Balaban J connectivity index is 1.77. The van der Waals surface area contributed by atoms with Crippen LogP contribution in [0.15, 0.2) is 64.0 Å². The highest BCUT2D eigenvalue weighted by Crippen LogP contribution is 2.17. The molecule has 0 radical (unpaired) electrons. The van der Waals surface area contributed by atoms with Crippen molar-refractivity contribution in [2.24, 2.45) is 0 Å². The van der Waals surface area contributed by atoms with E-state index in [0.29, 0.717) is 12.1 Å². The fourth-order valence-corrected chi connectivity index (χ4v) is 2.84. The third-order valence-electron chi connectivity index (χ3n) is 2.52. The molecule has 19 heavy (non-hydrogen) atoms. The minimum Gasteiger partial charge on any atom is -0.351 e. The first kappa shape index (κ1) is 14.2. The minimum absolute atomic E-state index is 0.0406. The third kappa shape index (κ3) is 4.40. The number of hydrogen-bond acceptors (Lipinski definition) is 2. The van der Waals surface area contributed by atoms with Crippen molar-refractivity contribution in [3.63, 3.8) is 0 Å². The van der Waals surface area contributed by atoms with Gasteiger partial charge in [0.15, 0.2) is 0 Å². The van der Waals surface area contributed by atoms with Crippen LogP contribution in [0, 0.1) is 0 Å². The smallest absolute Gasteiger partial charge is 0.252 e. The van der Waals surface area contributed by atoms with Crippen LogP contribution in [0.4, 0.5) is 0 Å². The number of thioether (sulfide) groups is 1. The topological polar surface area (TPSA) is 29.1 Å². The lowest BCUT2D eigenvalue weighted by molar-refractivity contribution is 0.0955. The average Bonchev–Trinajstić information content (AvgIpc) is 2.45. The van der Waals surface area contributed by atoms with Gasteiger partial charge in [-0.15, -0.1) is 11.8 Å². The summed E-state index contributed by atoms with van der Waals surface area (Å²) in [7, 11) is 0. The van der Waals surface area contributed by atoms with Crippen molar-refractivity contribution in [1.82, 2.24) is 5.32 Å². The summed E-state index contributed by atoms with van der Waals surface area (Å²) in [6, 6.07) is 17.6. The van der Waals surface area contributed by atoms with Crippen molar-refractivity contribution in [1.29, 1.82) is 0 Å². The zero-order valence-electron chi connectivity index (χ0n) is 10.3. The summed E-state index contributed by atoms with van der Waals surface area (Å²) in [5.74, 6) is 0.821. The van der Waals surface area contributed by atoms with Crippen molar-refractivity contribution in [2.45, 2.75) is 4.90 Å². The normalized spacial score (nSPS) is 10.2. The van der Waals surface area contributed by atoms with E-state index in [0.717, 1.165) is 10.2 Å². The Morgan fingerprint density at radius 2 is 1.74 bits per heavy atom. The number of carbonyl (C=O) groups excluding carboxylic acids is 1. The molecule has 0 fully saturated rings. The zero-order chi connectivity index (χ0) is 13.5. The van der Waals surface area contributed by atoms with Gasteiger partial charge in [-0.1, -0.05) is 30.3 Å². The van der Waals surface area contributed by atoms with E-state index in [4.69, 9.17) is 0 Å². The van der Waals surface area contributed by atoms with E-state index in [-0.39, 0.29) is 5.91 Å². The van der Waals surface area contributed by atoms with Crippen LogP contribution in [0.1, 0.15) is 10.4 Å². The molecule has 98 valence electrons. The molecule has 0 bridgehead atoms. The monoisotopic (exact) mass is 335 g/mol. The molecule has 2 aromatic rings. The Morgan fingerprint density at radius 3 is 2.47 bits per heavy atom. The highest BCUT2D eigenvalue weighted by Gasteiger charge is 2.07. The lowest BCUT2D eigenvalue weighted by Crippen LogP contribution is -2.25. The van der Waals surface area contributed by atoms with Crippen molar-refractivity contribution < 1.29 is 4.79 Å². The fourth-order valence-electron chi connectivity index (χ4n) is 1.59. The first-order chi connectivity index (χ1) is 9.27. The summed E-state index contributed by atoms with van der Waals surface area (Å²) in [5, 5.41) is 2.92. The summed E-state index contributed by atoms with van der Waals surface area (Å²) >= 11 is 5.11. The van der Waals surface area contributed by atoms with Crippen molar-refractivity contribution in [3.8, 4) is 0 Å². The van der Waals surface area contributed by atoms with Crippen LogP contribution in [0.25, 0.3) is 0 Å². The van der Waals surface area contributed by atoms with Crippen LogP contribution in [0.3, 0.4) is 0 Å². The highest BCUT2D eigenvalue weighted by molar-refractivity contribution is 9.10. The molecule has 0 heterocycles. The second-order valence-corrected chi connectivity index (χ2v) is 5.92. The minimum atomic E-state index is -0.0406. The maximum atomic E-state index is 11.9. The SMILES string of the molecule is O=C(NCCSc1ccccc1)c1ccccc1Br. The maximum Gasteiger partial charge on any atom is 0.252 e. The first-order valence-corrected chi connectivity index (χ1v) is 7.76. The lowest BCUT2D eigenvalue weighted by atomic mass is 10.2. The molecule has 0 spiro atoms. The predicted molar refractivity (Wildman–Crippen MR) is 83.6 cm³/mol. The van der Waals surface area contributed by atoms with E-state index in [1.54, 1.807) is 11.8 Å². The molecule has 0 aliphatic carbocycles. The van der Waals surface area contributed by atoms with Crippen LogP contribution in [-0.4, -0.2) is 18.2 Å². The molecule has 2 nitrogen and oxygen atoms in total. The van der Waals surface area contributed by atoms with Crippen LogP contribution in [-0.2, 0) is 0 Å². The van der Waals surface area contributed by atoms with Gasteiger partial charge in [0.05, 0.1) is 5.56 Å². The third-order valence-corrected chi connectivity index (χ3v) is 4.22. The molecule has 4 heteroatoms. The van der Waals surface area contributed by atoms with E-state index in [9.17, 15) is 4.79 Å². The number of amides is 1. The van der Waals surface area contributed by atoms with Gasteiger partial charge in [0.1, 0.15) is 0 Å². The summed E-state index contributed by atoms with van der Waals surface area (Å²) in [6.07, 6.45) is 0. The number of carbonyl (C=O) groups is 1. The van der Waals surface area contributed by atoms with Gasteiger partial charge in [-0.25, -0.2) is 0 Å². The van der Waals surface area contributed by atoms with E-state index < -0.39 is 0 Å². The van der Waals surface area contributed by atoms with Crippen molar-refractivity contribution in [3.05, 3.63) is 64.6 Å². The molecule has 0 unspecified atom stereocenters. The Morgan fingerprint density at radius 1 is 1.05 bits per heavy atom. The number of rotatable bonds is 5. The van der Waals surface area contributed by atoms with Crippen LogP contribution in [0.2, 0.25) is 0 Å². The van der Waals surface area contributed by atoms with Crippen molar-refractivity contribution >= 4 is 33.6 Å². The number of hydrogen-bond donors (Lipinski definition) is 1. The molecule has 0 aliphatic rings. The summed E-state index contributed by atoms with van der Waals surface area (Å²) in [6.45, 7) is 0.653. The number of benzene rings is 2. The standard InChI is InChI=1S/C15H14BrNOS/c16-14-9-5-4-8-13(14)15(18)17-10-11-19-12-6-2-1-3-7-12/h1-9H,10-11H2,(H,17,18). The molecule has 0 saturated carbocycles. The Kier molecular flexibility index (Phi) is 5.48. The van der Waals surface area contributed by atoms with Crippen molar-refractivity contribution in [2.75, 3.05) is 12.3 Å². The van der Waals surface area contributed by atoms with E-state index in [2.05, 4.69) is 33.4 Å². The fraction of sp³-hybridized carbons (Fsp3) is 0.133. The van der Waals surface area contributed by atoms with E-state index in [1.165, 1.54) is 4.90 Å². The maximum absolute atomic E-state index is 11.9. The van der Waals surface area contributed by atoms with Gasteiger partial charge in [-0.3, -0.25) is 4.79 Å². The van der Waals surface area contributed by atoms with Crippen LogP contribution >= 0.6 is 27.7 Å². The molecule has 0 aliphatic heterocycles. The molecule has 2 aromatic carbocycles. The summed E-state index contributed by atoms with van der Waals surface area (Å²) < 4.78 is 0.822. The van der Waals surface area contributed by atoms with Gasteiger partial charge in [-0.05, 0) is 40.2 Å². The number of nitrogens with one attached hydrogen (secondary N) is 1. The van der Waals surface area contributed by atoms with Crippen LogP contribution in [0.5, 0.6) is 0 Å². The molecule has 0 aromatic heterocycles. The molecule has 1 amide bonds. The zero-order valence-corrected chi connectivity index (χ0v) is 12.7. The van der Waals surface area contributed by atoms with Crippen LogP contribution < -0.4 is 5.32 Å². The summed E-state index contributed by atoms with van der Waals surface area (Å²) in [4.78, 5) is 13.1. The van der Waals surface area contributed by atoms with Gasteiger partial charge < -0.3 is 5.32 Å². The molecular weight excluding hydrogens is 322 g/mol. The quantitative estimate of drug-likeness (QED) is 0.661. The average molecular weight is 336 g/mol. The van der Waals surface area contributed by atoms with Gasteiger partial charge in [0, 0.05) is 21.7 Å². The molecule has 1 N–H and O–H groups in total. The second kappa shape index (κ2) is 7.36. The molecule has 0 atom stereocenters. The second-order valence-electron chi connectivity index (χ2n) is 3.90. The van der Waals surface area contributed by atoms with Gasteiger partial charge in [-0.2, -0.15) is 0 Å². The highest BCUT2D eigenvalue weighted by atomic mass is 79.9. The lowest BCUT2D eigenvalue weighted by Gasteiger charge is -2.06. The summed E-state index contributed by atoms with van der Waals surface area (Å²) in [5.41, 5.74) is 0.673. The molecular formula is C15H14BrNOS. The van der Waals surface area contributed by atoms with E-state index in [1.807, 2.05) is 42.5 Å². The van der Waals surface area contributed by atoms with Gasteiger partial charge in [0.25, 0.3) is 5.91 Å². The largest absolute Gasteiger partial charge is 0.351 e. The Labute approximate surface area is 125 Å². The Bertz CT molecular complexity index is 545. The van der Waals surface area contributed by atoms with Gasteiger partial charge >= 0.3 is 0 Å². The Hall–Kier alpha value is -1.26. The van der Waals surface area contributed by atoms with Gasteiger partial charge in [0.2, 0.25) is 0 Å².